The first-order valence-electron chi connectivity index (χ1n) is 7.54. The summed E-state index contributed by atoms with van der Waals surface area (Å²) in [4.78, 5) is 23.0. The van der Waals surface area contributed by atoms with Gasteiger partial charge in [0.15, 0.2) is 11.0 Å². The molecule has 2 aromatic heterocycles. The molecule has 0 spiro atoms. The number of aromatic nitrogens is 3. The van der Waals surface area contributed by atoms with Crippen molar-refractivity contribution in [2.75, 3.05) is 7.05 Å². The Morgan fingerprint density at radius 2 is 2.12 bits per heavy atom. The standard InChI is InChI=1S/C16H15N5O4S/c1-9-11(6-7-25-9)14-18-19-16(20(14)3)26-13-5-4-10(15(22)17-2)8-12(13)21(23)24/h4-8H,1-3H3,(H,17,22). The van der Waals surface area contributed by atoms with E-state index in [0.29, 0.717) is 21.6 Å². The topological polar surface area (TPSA) is 116 Å². The van der Waals surface area contributed by atoms with Crippen LogP contribution in [0.2, 0.25) is 0 Å². The van der Waals surface area contributed by atoms with E-state index >= 15 is 0 Å². The number of hydrogen-bond acceptors (Lipinski definition) is 7. The Kier molecular flexibility index (Phi) is 4.76. The van der Waals surface area contributed by atoms with Crippen LogP contribution < -0.4 is 5.32 Å². The summed E-state index contributed by atoms with van der Waals surface area (Å²) in [5.41, 5.74) is 0.854. The first-order valence-corrected chi connectivity index (χ1v) is 8.36. The molecule has 2 heterocycles. The summed E-state index contributed by atoms with van der Waals surface area (Å²) >= 11 is 1.11. The highest BCUT2D eigenvalue weighted by Crippen LogP contribution is 2.36. The summed E-state index contributed by atoms with van der Waals surface area (Å²) in [6.07, 6.45) is 1.56. The van der Waals surface area contributed by atoms with Gasteiger partial charge in [-0.1, -0.05) is 0 Å². The van der Waals surface area contributed by atoms with E-state index < -0.39 is 4.92 Å². The van der Waals surface area contributed by atoms with Crippen LogP contribution in [0, 0.1) is 17.0 Å². The monoisotopic (exact) mass is 373 g/mol. The SMILES string of the molecule is CNC(=O)c1ccc(Sc2nnc(-c3ccoc3C)n2C)c([N+](=O)[O-])c1. The van der Waals surface area contributed by atoms with E-state index in [9.17, 15) is 14.9 Å². The molecular weight excluding hydrogens is 358 g/mol. The molecule has 0 radical (unpaired) electrons. The molecule has 1 N–H and O–H groups in total. The fraction of sp³-hybridized carbons (Fsp3) is 0.188. The molecular formula is C16H15N5O4S. The van der Waals surface area contributed by atoms with E-state index in [1.807, 2.05) is 6.92 Å². The van der Waals surface area contributed by atoms with E-state index in [1.165, 1.54) is 25.2 Å². The van der Waals surface area contributed by atoms with Crippen LogP contribution in [-0.4, -0.2) is 32.6 Å². The molecule has 1 aromatic carbocycles. The molecule has 10 heteroatoms. The third-order valence-electron chi connectivity index (χ3n) is 3.78. The van der Waals surface area contributed by atoms with Gasteiger partial charge in [-0.15, -0.1) is 10.2 Å². The van der Waals surface area contributed by atoms with Gasteiger partial charge < -0.3 is 14.3 Å². The number of aryl methyl sites for hydroxylation is 1. The maximum absolute atomic E-state index is 11.7. The zero-order valence-corrected chi connectivity index (χ0v) is 15.0. The van der Waals surface area contributed by atoms with Crippen molar-refractivity contribution in [3.05, 3.63) is 52.0 Å². The van der Waals surface area contributed by atoms with Crippen molar-refractivity contribution < 1.29 is 14.1 Å². The second kappa shape index (κ2) is 7.00. The number of nitro benzene ring substituents is 1. The lowest BCUT2D eigenvalue weighted by molar-refractivity contribution is -0.387. The third-order valence-corrected chi connectivity index (χ3v) is 4.88. The Morgan fingerprint density at radius 3 is 2.73 bits per heavy atom. The van der Waals surface area contributed by atoms with Gasteiger partial charge in [-0.05, 0) is 36.9 Å². The van der Waals surface area contributed by atoms with Gasteiger partial charge in [0.2, 0.25) is 0 Å². The summed E-state index contributed by atoms with van der Waals surface area (Å²) in [7, 11) is 3.24. The van der Waals surface area contributed by atoms with E-state index in [0.717, 1.165) is 17.3 Å². The summed E-state index contributed by atoms with van der Waals surface area (Å²) in [5, 5.41) is 22.6. The predicted octanol–water partition coefficient (Wildman–Crippen LogP) is 2.80. The van der Waals surface area contributed by atoms with Gasteiger partial charge in [-0.2, -0.15) is 0 Å². The zero-order chi connectivity index (χ0) is 18.8. The van der Waals surface area contributed by atoms with Crippen LogP contribution in [-0.2, 0) is 7.05 Å². The fourth-order valence-electron chi connectivity index (χ4n) is 2.39. The molecule has 26 heavy (non-hydrogen) atoms. The molecule has 0 aliphatic rings. The second-order valence-corrected chi connectivity index (χ2v) is 6.39. The van der Waals surface area contributed by atoms with Crippen LogP contribution in [0.15, 0.2) is 45.0 Å². The number of nitro groups is 1. The molecule has 0 fully saturated rings. The van der Waals surface area contributed by atoms with E-state index in [-0.39, 0.29) is 17.2 Å². The van der Waals surface area contributed by atoms with Crippen LogP contribution >= 0.6 is 11.8 Å². The first-order chi connectivity index (χ1) is 12.4. The van der Waals surface area contributed by atoms with Gasteiger partial charge in [0.1, 0.15) is 5.76 Å². The lowest BCUT2D eigenvalue weighted by Gasteiger charge is -2.06. The van der Waals surface area contributed by atoms with E-state index in [4.69, 9.17) is 4.42 Å². The minimum atomic E-state index is -0.522. The Bertz CT molecular complexity index is 994. The summed E-state index contributed by atoms with van der Waals surface area (Å²) in [5.74, 6) is 0.919. The highest BCUT2D eigenvalue weighted by atomic mass is 32.2. The van der Waals surface area contributed by atoms with Gasteiger partial charge in [-0.25, -0.2) is 0 Å². The predicted molar refractivity (Wildman–Crippen MR) is 94.1 cm³/mol. The number of nitrogens with one attached hydrogen (secondary N) is 1. The third kappa shape index (κ3) is 3.18. The molecule has 0 bridgehead atoms. The highest BCUT2D eigenvalue weighted by molar-refractivity contribution is 7.99. The number of carbonyl (C=O) groups excluding carboxylic acids is 1. The summed E-state index contributed by atoms with van der Waals surface area (Å²) in [6.45, 7) is 1.82. The number of rotatable bonds is 5. The van der Waals surface area contributed by atoms with Crippen molar-refractivity contribution in [1.82, 2.24) is 20.1 Å². The van der Waals surface area contributed by atoms with Crippen LogP contribution in [0.25, 0.3) is 11.4 Å². The smallest absolute Gasteiger partial charge is 0.284 e. The van der Waals surface area contributed by atoms with E-state index in [2.05, 4.69) is 15.5 Å². The lowest BCUT2D eigenvalue weighted by Crippen LogP contribution is -2.17. The van der Waals surface area contributed by atoms with Crippen molar-refractivity contribution >= 4 is 23.4 Å². The molecule has 0 aliphatic heterocycles. The number of carbonyl (C=O) groups is 1. The van der Waals surface area contributed by atoms with Crippen molar-refractivity contribution in [3.63, 3.8) is 0 Å². The molecule has 3 rings (SSSR count). The molecule has 1 amide bonds. The molecule has 0 saturated carbocycles. The maximum Gasteiger partial charge on any atom is 0.284 e. The van der Waals surface area contributed by atoms with E-state index in [1.54, 1.807) is 23.9 Å². The van der Waals surface area contributed by atoms with Gasteiger partial charge in [0.25, 0.3) is 11.6 Å². The summed E-state index contributed by atoms with van der Waals surface area (Å²) < 4.78 is 7.02. The molecule has 0 unspecified atom stereocenters. The first kappa shape index (κ1) is 17.7. The maximum atomic E-state index is 11.7. The number of furan rings is 1. The van der Waals surface area contributed by atoms with Crippen molar-refractivity contribution in [1.29, 1.82) is 0 Å². The van der Waals surface area contributed by atoms with Gasteiger partial charge >= 0.3 is 0 Å². The largest absolute Gasteiger partial charge is 0.469 e. The molecule has 9 nitrogen and oxygen atoms in total. The number of hydrogen-bond donors (Lipinski definition) is 1. The minimum absolute atomic E-state index is 0.167. The van der Waals surface area contributed by atoms with Crippen LogP contribution in [0.3, 0.4) is 0 Å². The van der Waals surface area contributed by atoms with Crippen LogP contribution in [0.1, 0.15) is 16.1 Å². The Morgan fingerprint density at radius 1 is 1.35 bits per heavy atom. The van der Waals surface area contributed by atoms with Crippen molar-refractivity contribution in [3.8, 4) is 11.4 Å². The van der Waals surface area contributed by atoms with Crippen molar-refractivity contribution in [2.24, 2.45) is 7.05 Å². The quantitative estimate of drug-likeness (QED) is 0.540. The van der Waals surface area contributed by atoms with Crippen LogP contribution in [0.5, 0.6) is 0 Å². The van der Waals surface area contributed by atoms with Gasteiger partial charge in [-0.3, -0.25) is 14.9 Å². The Balaban J connectivity index is 1.97. The second-order valence-electron chi connectivity index (χ2n) is 5.38. The summed E-state index contributed by atoms with van der Waals surface area (Å²) in [6, 6.07) is 6.10. The average molecular weight is 373 g/mol. The molecule has 0 saturated heterocycles. The van der Waals surface area contributed by atoms with Crippen LogP contribution in [0.4, 0.5) is 5.69 Å². The molecule has 0 aliphatic carbocycles. The number of benzene rings is 1. The molecule has 3 aromatic rings. The van der Waals surface area contributed by atoms with Crippen molar-refractivity contribution in [2.45, 2.75) is 17.0 Å². The fourth-order valence-corrected chi connectivity index (χ4v) is 3.26. The Hall–Kier alpha value is -3.14. The lowest BCUT2D eigenvalue weighted by atomic mass is 10.2. The van der Waals surface area contributed by atoms with Gasteiger partial charge in [0.05, 0.1) is 21.6 Å². The molecule has 0 atom stereocenters. The normalized spacial score (nSPS) is 10.7. The van der Waals surface area contributed by atoms with Gasteiger partial charge in [0, 0.05) is 25.7 Å². The highest BCUT2D eigenvalue weighted by Gasteiger charge is 2.21. The minimum Gasteiger partial charge on any atom is -0.469 e. The Labute approximate surface area is 152 Å². The number of amides is 1. The zero-order valence-electron chi connectivity index (χ0n) is 14.2. The average Bonchev–Trinajstić information content (AvgIpc) is 3.20. The molecule has 134 valence electrons. The number of nitrogens with zero attached hydrogens (tertiary/aromatic N) is 4.